The lowest BCUT2D eigenvalue weighted by atomic mass is 9.74. The zero-order valence-electron chi connectivity index (χ0n) is 18.3. The summed E-state index contributed by atoms with van der Waals surface area (Å²) in [4.78, 5) is 14.5. The molecule has 0 aromatic heterocycles. The standard InChI is InChI=1S/C26H36N2O2/c1-2-16-28-23(17-27-26(30)22-14-15-22)25(24(28)18-29)21-12-10-20(11-13-21)9-8-19-6-4-3-5-7-19/h10-13,19,22-25,29H,2-7,14-18H2,1H3,(H,27,30)/t23-,24+,25+/m0/s1. The summed E-state index contributed by atoms with van der Waals surface area (Å²) in [6.45, 7) is 3.94. The van der Waals surface area contributed by atoms with Crippen LogP contribution < -0.4 is 5.32 Å². The molecular formula is C26H36N2O2. The highest BCUT2D eigenvalue weighted by atomic mass is 16.3. The van der Waals surface area contributed by atoms with E-state index in [1.54, 1.807) is 0 Å². The average molecular weight is 409 g/mol. The second-order valence-corrected chi connectivity index (χ2v) is 9.33. The van der Waals surface area contributed by atoms with Crippen molar-refractivity contribution in [2.45, 2.75) is 76.3 Å². The summed E-state index contributed by atoms with van der Waals surface area (Å²) in [5, 5.41) is 13.2. The number of likely N-dealkylation sites (tertiary alicyclic amines) is 1. The normalized spacial score (nSPS) is 27.1. The molecule has 0 bridgehead atoms. The van der Waals surface area contributed by atoms with Gasteiger partial charge in [-0.05, 0) is 56.3 Å². The molecule has 1 aromatic carbocycles. The zero-order chi connectivity index (χ0) is 20.9. The van der Waals surface area contributed by atoms with Gasteiger partial charge in [0.1, 0.15) is 0 Å². The first-order valence-electron chi connectivity index (χ1n) is 12.0. The SMILES string of the molecule is CCCN1[C@H](CO)[C@H](c2ccc(C#CC3CCCCC3)cc2)[C@@H]1CNC(=O)C1CC1. The van der Waals surface area contributed by atoms with E-state index >= 15 is 0 Å². The van der Waals surface area contributed by atoms with Crippen LogP contribution in [0.4, 0.5) is 0 Å². The van der Waals surface area contributed by atoms with E-state index in [-0.39, 0.29) is 36.4 Å². The van der Waals surface area contributed by atoms with Crippen LogP contribution in [-0.4, -0.2) is 47.7 Å². The van der Waals surface area contributed by atoms with E-state index in [9.17, 15) is 9.90 Å². The number of amides is 1. The molecule has 1 aromatic rings. The van der Waals surface area contributed by atoms with Gasteiger partial charge in [-0.2, -0.15) is 0 Å². The van der Waals surface area contributed by atoms with Crippen molar-refractivity contribution < 1.29 is 9.90 Å². The van der Waals surface area contributed by atoms with Gasteiger partial charge in [-0.1, -0.05) is 50.2 Å². The molecule has 2 saturated carbocycles. The first-order valence-corrected chi connectivity index (χ1v) is 12.0. The Balaban J connectivity index is 1.43. The summed E-state index contributed by atoms with van der Waals surface area (Å²) in [6, 6.07) is 8.99. The number of hydrogen-bond acceptors (Lipinski definition) is 3. The van der Waals surface area contributed by atoms with Gasteiger partial charge >= 0.3 is 0 Å². The molecule has 162 valence electrons. The van der Waals surface area contributed by atoms with Crippen molar-refractivity contribution in [3.8, 4) is 11.8 Å². The molecule has 4 heteroatoms. The fourth-order valence-electron chi connectivity index (χ4n) is 5.23. The van der Waals surface area contributed by atoms with Crippen molar-refractivity contribution in [1.29, 1.82) is 0 Å². The van der Waals surface area contributed by atoms with Gasteiger partial charge in [-0.15, -0.1) is 0 Å². The number of hydrogen-bond donors (Lipinski definition) is 2. The number of aliphatic hydroxyl groups excluding tert-OH is 1. The molecule has 30 heavy (non-hydrogen) atoms. The number of aliphatic hydroxyl groups is 1. The molecule has 3 atom stereocenters. The molecule has 1 amide bonds. The van der Waals surface area contributed by atoms with Crippen molar-refractivity contribution in [2.75, 3.05) is 19.7 Å². The Morgan fingerprint density at radius 3 is 2.47 bits per heavy atom. The average Bonchev–Trinajstić information content (AvgIpc) is 3.62. The van der Waals surface area contributed by atoms with E-state index in [2.05, 4.69) is 53.2 Å². The third-order valence-corrected chi connectivity index (χ3v) is 7.10. The quantitative estimate of drug-likeness (QED) is 0.677. The van der Waals surface area contributed by atoms with Crippen LogP contribution in [0.15, 0.2) is 24.3 Å². The third kappa shape index (κ3) is 4.90. The van der Waals surface area contributed by atoms with E-state index in [0.29, 0.717) is 12.5 Å². The maximum absolute atomic E-state index is 12.2. The minimum atomic E-state index is 0.131. The van der Waals surface area contributed by atoms with Crippen LogP contribution in [0.3, 0.4) is 0 Å². The summed E-state index contributed by atoms with van der Waals surface area (Å²) >= 11 is 0. The topological polar surface area (TPSA) is 52.6 Å². The maximum atomic E-state index is 12.2. The Morgan fingerprint density at radius 1 is 1.10 bits per heavy atom. The smallest absolute Gasteiger partial charge is 0.223 e. The molecule has 3 aliphatic rings. The molecule has 0 spiro atoms. The van der Waals surface area contributed by atoms with Gasteiger partial charge in [0, 0.05) is 41.9 Å². The molecule has 2 N–H and O–H groups in total. The number of rotatable bonds is 7. The minimum Gasteiger partial charge on any atom is -0.395 e. The molecular weight excluding hydrogens is 372 g/mol. The second-order valence-electron chi connectivity index (χ2n) is 9.33. The second kappa shape index (κ2) is 9.98. The zero-order valence-corrected chi connectivity index (χ0v) is 18.3. The Bertz CT molecular complexity index is 768. The lowest BCUT2D eigenvalue weighted by Crippen LogP contribution is -2.66. The van der Waals surface area contributed by atoms with Crippen LogP contribution in [0.5, 0.6) is 0 Å². The van der Waals surface area contributed by atoms with Crippen LogP contribution in [-0.2, 0) is 4.79 Å². The van der Waals surface area contributed by atoms with Crippen molar-refractivity contribution in [3.63, 3.8) is 0 Å². The first-order chi connectivity index (χ1) is 14.7. The molecule has 1 saturated heterocycles. The predicted molar refractivity (Wildman–Crippen MR) is 120 cm³/mol. The molecule has 4 nitrogen and oxygen atoms in total. The monoisotopic (exact) mass is 408 g/mol. The summed E-state index contributed by atoms with van der Waals surface area (Å²) in [6.07, 6.45) is 9.58. The molecule has 3 fully saturated rings. The van der Waals surface area contributed by atoms with E-state index in [0.717, 1.165) is 31.4 Å². The van der Waals surface area contributed by atoms with Crippen LogP contribution in [0, 0.1) is 23.7 Å². The van der Waals surface area contributed by atoms with E-state index in [1.807, 2.05) is 0 Å². The molecule has 2 aliphatic carbocycles. The number of carbonyl (C=O) groups excluding carboxylic acids is 1. The third-order valence-electron chi connectivity index (χ3n) is 7.10. The molecule has 4 rings (SSSR count). The Hall–Kier alpha value is -1.83. The summed E-state index contributed by atoms with van der Waals surface area (Å²) in [5.74, 6) is 8.09. The lowest BCUT2D eigenvalue weighted by molar-refractivity contribution is -0.123. The van der Waals surface area contributed by atoms with Crippen LogP contribution in [0.2, 0.25) is 0 Å². The van der Waals surface area contributed by atoms with E-state index < -0.39 is 0 Å². The fourth-order valence-corrected chi connectivity index (χ4v) is 5.23. The van der Waals surface area contributed by atoms with E-state index in [1.165, 1.54) is 37.7 Å². The molecule has 1 heterocycles. The summed E-state index contributed by atoms with van der Waals surface area (Å²) in [5.41, 5.74) is 2.32. The summed E-state index contributed by atoms with van der Waals surface area (Å²) < 4.78 is 0. The maximum Gasteiger partial charge on any atom is 0.223 e. The highest BCUT2D eigenvalue weighted by molar-refractivity contribution is 5.80. The van der Waals surface area contributed by atoms with Crippen molar-refractivity contribution in [1.82, 2.24) is 10.2 Å². The highest BCUT2D eigenvalue weighted by Gasteiger charge is 2.48. The minimum absolute atomic E-state index is 0.131. The van der Waals surface area contributed by atoms with Crippen LogP contribution in [0.25, 0.3) is 0 Å². The lowest BCUT2D eigenvalue weighted by Gasteiger charge is -2.55. The van der Waals surface area contributed by atoms with Crippen LogP contribution >= 0.6 is 0 Å². The Morgan fingerprint density at radius 2 is 1.83 bits per heavy atom. The number of nitrogens with zero attached hydrogens (tertiary/aromatic N) is 1. The van der Waals surface area contributed by atoms with Gasteiger partial charge < -0.3 is 10.4 Å². The molecule has 0 radical (unpaired) electrons. The predicted octanol–water partition coefficient (Wildman–Crippen LogP) is 3.68. The summed E-state index contributed by atoms with van der Waals surface area (Å²) in [7, 11) is 0. The Labute approximate surface area is 181 Å². The van der Waals surface area contributed by atoms with Gasteiger partial charge in [0.25, 0.3) is 0 Å². The van der Waals surface area contributed by atoms with Gasteiger partial charge in [-0.3, -0.25) is 9.69 Å². The number of nitrogens with one attached hydrogen (secondary N) is 1. The van der Waals surface area contributed by atoms with Crippen molar-refractivity contribution in [2.24, 2.45) is 11.8 Å². The van der Waals surface area contributed by atoms with Crippen molar-refractivity contribution >= 4 is 5.91 Å². The van der Waals surface area contributed by atoms with Gasteiger partial charge in [0.05, 0.1) is 6.61 Å². The van der Waals surface area contributed by atoms with Gasteiger partial charge in [-0.25, -0.2) is 0 Å². The Kier molecular flexibility index (Phi) is 7.12. The van der Waals surface area contributed by atoms with E-state index in [4.69, 9.17) is 0 Å². The van der Waals surface area contributed by atoms with Gasteiger partial charge in [0.15, 0.2) is 0 Å². The van der Waals surface area contributed by atoms with Gasteiger partial charge in [0.2, 0.25) is 5.91 Å². The fraction of sp³-hybridized carbons (Fsp3) is 0.654. The number of benzene rings is 1. The first kappa shape index (κ1) is 21.4. The number of carbonyl (C=O) groups is 1. The molecule has 1 aliphatic heterocycles. The molecule has 0 unspecified atom stereocenters. The largest absolute Gasteiger partial charge is 0.395 e. The highest BCUT2D eigenvalue weighted by Crippen LogP contribution is 2.40. The van der Waals surface area contributed by atoms with Crippen LogP contribution in [0.1, 0.15) is 75.3 Å². The van der Waals surface area contributed by atoms with Crippen molar-refractivity contribution in [3.05, 3.63) is 35.4 Å².